The molecule has 0 bridgehead atoms. The van der Waals surface area contributed by atoms with Crippen LogP contribution in [0.1, 0.15) is 25.5 Å². The van der Waals surface area contributed by atoms with Crippen LogP contribution in [-0.2, 0) is 5.75 Å². The van der Waals surface area contributed by atoms with Crippen LogP contribution in [0, 0.1) is 0 Å². The number of nitrogens with zero attached hydrogens (tertiary/aromatic N) is 2. The van der Waals surface area contributed by atoms with Crippen LogP contribution in [0.3, 0.4) is 0 Å². The molecule has 3 nitrogen and oxygen atoms in total. The Bertz CT molecular complexity index is 888. The summed E-state index contributed by atoms with van der Waals surface area (Å²) < 4.78 is 2.85. The molecule has 1 heterocycles. The molecule has 118 valence electrons. The normalized spacial score (nSPS) is 11.3. The zero-order valence-corrected chi connectivity index (χ0v) is 15.4. The summed E-state index contributed by atoms with van der Waals surface area (Å²) in [6.45, 7) is 4.03. The average Bonchev–Trinajstić information content (AvgIpc) is 2.54. The first kappa shape index (κ1) is 16.3. The van der Waals surface area contributed by atoms with Crippen LogP contribution in [0.25, 0.3) is 10.9 Å². The van der Waals surface area contributed by atoms with E-state index in [1.165, 1.54) is 5.56 Å². The number of halogens is 1. The van der Waals surface area contributed by atoms with Crippen LogP contribution >= 0.6 is 27.7 Å². The Morgan fingerprint density at radius 2 is 1.83 bits per heavy atom. The van der Waals surface area contributed by atoms with E-state index in [0.29, 0.717) is 5.39 Å². The molecule has 5 heteroatoms. The molecule has 0 aliphatic heterocycles. The molecule has 0 unspecified atom stereocenters. The van der Waals surface area contributed by atoms with E-state index in [4.69, 9.17) is 4.98 Å². The fourth-order valence-electron chi connectivity index (χ4n) is 2.41. The average molecular weight is 389 g/mol. The maximum absolute atomic E-state index is 12.8. The summed E-state index contributed by atoms with van der Waals surface area (Å²) in [7, 11) is 0. The first-order valence-electron chi connectivity index (χ1n) is 7.45. The molecule has 0 spiro atoms. The van der Waals surface area contributed by atoms with Crippen LogP contribution in [0.5, 0.6) is 0 Å². The predicted octanol–water partition coefficient (Wildman–Crippen LogP) is 5.03. The van der Waals surface area contributed by atoms with Crippen molar-refractivity contribution < 1.29 is 0 Å². The van der Waals surface area contributed by atoms with E-state index in [2.05, 4.69) is 28.1 Å². The molecule has 0 radical (unpaired) electrons. The largest absolute Gasteiger partial charge is 0.285 e. The van der Waals surface area contributed by atoms with Gasteiger partial charge < -0.3 is 0 Å². The highest BCUT2D eigenvalue weighted by molar-refractivity contribution is 9.10. The molecule has 1 aromatic heterocycles. The number of hydrogen-bond acceptors (Lipinski definition) is 3. The van der Waals surface area contributed by atoms with Crippen molar-refractivity contribution in [3.63, 3.8) is 0 Å². The summed E-state index contributed by atoms with van der Waals surface area (Å²) in [6.07, 6.45) is 0. The number of benzene rings is 2. The molecular formula is C18H17BrN2OS. The van der Waals surface area contributed by atoms with Crippen LogP contribution < -0.4 is 5.56 Å². The third kappa shape index (κ3) is 3.51. The second kappa shape index (κ2) is 6.89. The minimum atomic E-state index is 0.0314. The third-order valence-corrected chi connectivity index (χ3v) is 5.13. The minimum absolute atomic E-state index is 0.0314. The number of fused-ring (bicyclic) bond motifs is 1. The molecule has 0 saturated carbocycles. The Morgan fingerprint density at radius 1 is 1.13 bits per heavy atom. The van der Waals surface area contributed by atoms with E-state index in [1.54, 1.807) is 16.3 Å². The van der Waals surface area contributed by atoms with Crippen molar-refractivity contribution in [2.75, 3.05) is 0 Å². The van der Waals surface area contributed by atoms with Gasteiger partial charge in [-0.3, -0.25) is 9.36 Å². The summed E-state index contributed by atoms with van der Waals surface area (Å²) in [5, 5.41) is 1.45. The molecule has 2 aromatic carbocycles. The van der Waals surface area contributed by atoms with Crippen molar-refractivity contribution in [1.29, 1.82) is 0 Å². The van der Waals surface area contributed by atoms with Gasteiger partial charge in [0, 0.05) is 16.3 Å². The van der Waals surface area contributed by atoms with Gasteiger partial charge in [-0.05, 0) is 43.7 Å². The van der Waals surface area contributed by atoms with Gasteiger partial charge in [0.2, 0.25) is 0 Å². The van der Waals surface area contributed by atoms with Gasteiger partial charge in [0.05, 0.1) is 10.9 Å². The van der Waals surface area contributed by atoms with Gasteiger partial charge in [0.15, 0.2) is 5.16 Å². The maximum atomic E-state index is 12.8. The lowest BCUT2D eigenvalue weighted by atomic mass is 10.2. The lowest BCUT2D eigenvalue weighted by molar-refractivity contribution is 0.519. The first-order chi connectivity index (χ1) is 11.1. The van der Waals surface area contributed by atoms with Crippen molar-refractivity contribution in [2.24, 2.45) is 0 Å². The molecular weight excluding hydrogens is 372 g/mol. The van der Waals surface area contributed by atoms with Gasteiger partial charge in [0.1, 0.15) is 0 Å². The second-order valence-corrected chi connectivity index (χ2v) is 7.45. The predicted molar refractivity (Wildman–Crippen MR) is 100 cm³/mol. The standard InChI is InChI=1S/C18H17BrN2OS/c1-12(2)21-17(22)15-5-3-4-6-16(15)20-18(21)23-11-13-7-9-14(19)10-8-13/h3-10,12H,11H2,1-2H3. The highest BCUT2D eigenvalue weighted by atomic mass is 79.9. The Kier molecular flexibility index (Phi) is 4.87. The van der Waals surface area contributed by atoms with Gasteiger partial charge in [-0.2, -0.15) is 0 Å². The van der Waals surface area contributed by atoms with Crippen LogP contribution in [0.4, 0.5) is 0 Å². The molecule has 3 aromatic rings. The third-order valence-electron chi connectivity index (χ3n) is 3.57. The molecule has 0 N–H and O–H groups in total. The molecule has 3 rings (SSSR count). The Balaban J connectivity index is 2.00. The number of thioether (sulfide) groups is 1. The molecule has 0 aliphatic carbocycles. The van der Waals surface area contributed by atoms with E-state index >= 15 is 0 Å². The van der Waals surface area contributed by atoms with E-state index in [0.717, 1.165) is 20.9 Å². The fourth-order valence-corrected chi connectivity index (χ4v) is 3.76. The Hall–Kier alpha value is -1.59. The lowest BCUT2D eigenvalue weighted by Gasteiger charge is -2.16. The van der Waals surface area contributed by atoms with E-state index in [-0.39, 0.29) is 11.6 Å². The molecule has 0 aliphatic rings. The van der Waals surface area contributed by atoms with E-state index < -0.39 is 0 Å². The fraction of sp³-hybridized carbons (Fsp3) is 0.222. The lowest BCUT2D eigenvalue weighted by Crippen LogP contribution is -2.25. The molecule has 0 amide bonds. The van der Waals surface area contributed by atoms with Gasteiger partial charge in [-0.25, -0.2) is 4.98 Å². The van der Waals surface area contributed by atoms with Crippen molar-refractivity contribution in [3.8, 4) is 0 Å². The summed E-state index contributed by atoms with van der Waals surface area (Å²) in [5.74, 6) is 0.783. The molecule has 0 atom stereocenters. The number of para-hydroxylation sites is 1. The number of aromatic nitrogens is 2. The summed E-state index contributed by atoms with van der Waals surface area (Å²) in [6, 6.07) is 15.8. The van der Waals surface area contributed by atoms with E-state index in [9.17, 15) is 4.79 Å². The van der Waals surface area contributed by atoms with Gasteiger partial charge in [0.25, 0.3) is 5.56 Å². The highest BCUT2D eigenvalue weighted by Crippen LogP contribution is 2.25. The van der Waals surface area contributed by atoms with Crippen LogP contribution in [0.2, 0.25) is 0 Å². The summed E-state index contributed by atoms with van der Waals surface area (Å²) >= 11 is 5.04. The SMILES string of the molecule is CC(C)n1c(SCc2ccc(Br)cc2)nc2ccccc2c1=O. The summed E-state index contributed by atoms with van der Waals surface area (Å²) in [4.78, 5) is 17.5. The monoisotopic (exact) mass is 388 g/mol. The zero-order valence-electron chi connectivity index (χ0n) is 13.0. The number of rotatable bonds is 4. The second-order valence-electron chi connectivity index (χ2n) is 5.60. The van der Waals surface area contributed by atoms with Crippen LogP contribution in [-0.4, -0.2) is 9.55 Å². The van der Waals surface area contributed by atoms with Crippen molar-refractivity contribution >= 4 is 38.6 Å². The minimum Gasteiger partial charge on any atom is -0.285 e. The summed E-state index contributed by atoms with van der Waals surface area (Å²) in [5.41, 5.74) is 1.99. The first-order valence-corrected chi connectivity index (χ1v) is 9.22. The van der Waals surface area contributed by atoms with Gasteiger partial charge in [-0.1, -0.05) is 52.0 Å². The number of hydrogen-bond donors (Lipinski definition) is 0. The van der Waals surface area contributed by atoms with Crippen molar-refractivity contribution in [2.45, 2.75) is 30.8 Å². The van der Waals surface area contributed by atoms with E-state index in [1.807, 2.05) is 50.2 Å². The molecule has 0 fully saturated rings. The highest BCUT2D eigenvalue weighted by Gasteiger charge is 2.13. The smallest absolute Gasteiger partial charge is 0.262 e. The zero-order chi connectivity index (χ0) is 16.4. The Morgan fingerprint density at radius 3 is 2.52 bits per heavy atom. The maximum Gasteiger partial charge on any atom is 0.262 e. The van der Waals surface area contributed by atoms with Crippen molar-refractivity contribution in [1.82, 2.24) is 9.55 Å². The van der Waals surface area contributed by atoms with Crippen LogP contribution in [0.15, 0.2) is 63.0 Å². The van der Waals surface area contributed by atoms with Crippen molar-refractivity contribution in [3.05, 3.63) is 68.9 Å². The van der Waals surface area contributed by atoms with Gasteiger partial charge >= 0.3 is 0 Å². The molecule has 23 heavy (non-hydrogen) atoms. The van der Waals surface area contributed by atoms with Gasteiger partial charge in [-0.15, -0.1) is 0 Å². The quantitative estimate of drug-likeness (QED) is 0.464. The Labute approximate surface area is 147 Å². The molecule has 0 saturated heterocycles. The topological polar surface area (TPSA) is 34.9 Å².